The normalized spacial score (nSPS) is 33.2. The Morgan fingerprint density at radius 2 is 1.71 bits per heavy atom. The molecule has 0 radical (unpaired) electrons. The molecule has 0 aromatic heterocycles. The summed E-state index contributed by atoms with van der Waals surface area (Å²) in [6, 6.07) is 0. The quantitative estimate of drug-likeness (QED) is 0.137. The van der Waals surface area contributed by atoms with Gasteiger partial charge >= 0.3 is 10.4 Å². The zero-order valence-electron chi connectivity index (χ0n) is 12.5. The zero-order valence-corrected chi connectivity index (χ0v) is 14.1. The van der Waals surface area contributed by atoms with Gasteiger partial charge in [-0.1, -0.05) is 0 Å². The maximum absolute atomic E-state index is 10.9. The smallest absolute Gasteiger partial charge is 0.394 e. The molecule has 8 N–H and O–H groups in total. The molecule has 24 heavy (non-hydrogen) atoms. The van der Waals surface area contributed by atoms with Crippen molar-refractivity contribution in [2.75, 3.05) is 24.7 Å². The fraction of sp³-hybridized carbons (Fsp3) is 1.00. The molecule has 1 aliphatic heterocycles. The van der Waals surface area contributed by atoms with Gasteiger partial charge in [-0.2, -0.15) is 8.42 Å². The fourth-order valence-electron chi connectivity index (χ4n) is 2.42. The van der Waals surface area contributed by atoms with Gasteiger partial charge in [-0.15, -0.1) is 0 Å². The van der Waals surface area contributed by atoms with Gasteiger partial charge < -0.3 is 35.7 Å². The van der Waals surface area contributed by atoms with E-state index < -0.39 is 76.4 Å². The summed E-state index contributed by atoms with van der Waals surface area (Å²) in [5.74, 6) is -0.255. The fourth-order valence-corrected chi connectivity index (χ4v) is 5.63. The van der Waals surface area contributed by atoms with Crippen molar-refractivity contribution in [3.05, 3.63) is 0 Å². The van der Waals surface area contributed by atoms with Crippen LogP contribution in [0.1, 0.15) is 0 Å². The van der Waals surface area contributed by atoms with Crippen molar-refractivity contribution in [2.24, 2.45) is 0 Å². The van der Waals surface area contributed by atoms with Crippen LogP contribution in [0.25, 0.3) is 0 Å². The molecule has 8 unspecified atom stereocenters. The van der Waals surface area contributed by atoms with E-state index in [2.05, 4.69) is 4.18 Å². The highest BCUT2D eigenvalue weighted by Gasteiger charge is 2.51. The Bertz CT molecular complexity index is 486. The van der Waals surface area contributed by atoms with Gasteiger partial charge in [0.15, 0.2) is 5.25 Å². The first-order valence-electron chi connectivity index (χ1n) is 6.95. The van der Waals surface area contributed by atoms with Crippen molar-refractivity contribution >= 4 is 21.3 Å². The Hall–Kier alpha value is -0.0600. The highest BCUT2D eigenvalue weighted by Crippen LogP contribution is 2.26. The van der Waals surface area contributed by atoms with E-state index in [-0.39, 0.29) is 11.5 Å². The molecular weight excluding hydrogens is 372 g/mol. The van der Waals surface area contributed by atoms with Crippen LogP contribution in [0.3, 0.4) is 0 Å². The summed E-state index contributed by atoms with van der Waals surface area (Å²) in [5.41, 5.74) is 0. The Morgan fingerprint density at radius 1 is 1.12 bits per heavy atom. The summed E-state index contributed by atoms with van der Waals surface area (Å²) < 4.78 is 34.7. The van der Waals surface area contributed by atoms with Crippen LogP contribution in [0.4, 0.5) is 0 Å². The van der Waals surface area contributed by atoms with Crippen molar-refractivity contribution in [1.29, 1.82) is 0 Å². The standard InChI is InChI=1S/C11H22O11S2/c12-1-5(14)10(18)11(22-24(19,20)21)7(16)4-23-3-6(15)9(17)8(23)2-13/h5-18H,1-4H2/p+1. The molecular formula is C11H23O11S2+. The molecule has 8 atom stereocenters. The Balaban J connectivity index is 2.89. The summed E-state index contributed by atoms with van der Waals surface area (Å²) >= 11 is 0. The van der Waals surface area contributed by atoms with Gasteiger partial charge in [-0.3, -0.25) is 4.55 Å². The number of hydrogen-bond acceptors (Lipinski definition) is 10. The molecule has 0 aromatic rings. The lowest BCUT2D eigenvalue weighted by atomic mass is 10.0. The van der Waals surface area contributed by atoms with E-state index in [1.54, 1.807) is 0 Å². The van der Waals surface area contributed by atoms with Crippen molar-refractivity contribution in [3.8, 4) is 0 Å². The number of aliphatic hydroxyl groups is 7. The molecule has 0 bridgehead atoms. The number of hydrogen-bond donors (Lipinski definition) is 8. The topological polar surface area (TPSA) is 205 Å². The first kappa shape index (κ1) is 22.0. The van der Waals surface area contributed by atoms with E-state index in [1.165, 1.54) is 0 Å². The minimum atomic E-state index is -5.09. The van der Waals surface area contributed by atoms with E-state index in [9.17, 15) is 39.1 Å². The highest BCUT2D eigenvalue weighted by atomic mass is 32.3. The summed E-state index contributed by atoms with van der Waals surface area (Å²) in [6.45, 7) is -1.44. The van der Waals surface area contributed by atoms with E-state index in [0.29, 0.717) is 0 Å². The molecule has 1 rings (SSSR count). The Kier molecular flexibility index (Phi) is 8.28. The number of rotatable bonds is 9. The average molecular weight is 395 g/mol. The molecule has 0 aliphatic carbocycles. The molecule has 1 aliphatic rings. The van der Waals surface area contributed by atoms with Gasteiger partial charge in [-0.25, -0.2) is 4.18 Å². The zero-order chi connectivity index (χ0) is 18.7. The van der Waals surface area contributed by atoms with Gasteiger partial charge in [0, 0.05) is 10.9 Å². The second kappa shape index (κ2) is 9.05. The summed E-state index contributed by atoms with van der Waals surface area (Å²) in [7, 11) is -6.03. The van der Waals surface area contributed by atoms with Crippen LogP contribution < -0.4 is 0 Å². The van der Waals surface area contributed by atoms with Crippen LogP contribution in [0.5, 0.6) is 0 Å². The maximum Gasteiger partial charge on any atom is 0.397 e. The minimum Gasteiger partial charge on any atom is -0.394 e. The first-order chi connectivity index (χ1) is 11.0. The largest absolute Gasteiger partial charge is 0.397 e. The predicted octanol–water partition coefficient (Wildman–Crippen LogP) is -5.04. The molecule has 0 aromatic carbocycles. The third-order valence-electron chi connectivity index (χ3n) is 3.68. The lowest BCUT2D eigenvalue weighted by Crippen LogP contribution is -2.51. The average Bonchev–Trinajstić information content (AvgIpc) is 2.76. The molecule has 0 spiro atoms. The summed E-state index contributed by atoms with van der Waals surface area (Å²) in [4.78, 5) is 0. The van der Waals surface area contributed by atoms with E-state index in [0.717, 1.165) is 0 Å². The minimum absolute atomic E-state index is 0.0285. The van der Waals surface area contributed by atoms with Gasteiger partial charge in [0.05, 0.1) is 13.2 Å². The molecule has 0 amide bonds. The second-order valence-electron chi connectivity index (χ2n) is 5.45. The van der Waals surface area contributed by atoms with Crippen LogP contribution in [-0.2, 0) is 25.5 Å². The third kappa shape index (κ3) is 5.74. The Morgan fingerprint density at radius 3 is 2.17 bits per heavy atom. The van der Waals surface area contributed by atoms with Gasteiger partial charge in [0.1, 0.15) is 48.1 Å². The SMILES string of the molecule is O=S(=O)(O)OC(C(O)C[S+]1CC(O)C(O)C1CO)C(O)C(O)CO. The highest BCUT2D eigenvalue weighted by molar-refractivity contribution is 7.97. The molecule has 1 saturated heterocycles. The molecule has 1 heterocycles. The third-order valence-corrected chi connectivity index (χ3v) is 6.97. The maximum atomic E-state index is 10.9. The Labute approximate surface area is 141 Å². The molecule has 0 saturated carbocycles. The summed E-state index contributed by atoms with van der Waals surface area (Å²) in [6.07, 6.45) is -9.98. The number of aliphatic hydroxyl groups excluding tert-OH is 7. The van der Waals surface area contributed by atoms with E-state index >= 15 is 0 Å². The van der Waals surface area contributed by atoms with Crippen molar-refractivity contribution in [1.82, 2.24) is 0 Å². The van der Waals surface area contributed by atoms with Gasteiger partial charge in [0.25, 0.3) is 0 Å². The van der Waals surface area contributed by atoms with Crippen LogP contribution in [0.15, 0.2) is 0 Å². The molecule has 1 fully saturated rings. The first-order valence-corrected chi connectivity index (χ1v) is 9.95. The van der Waals surface area contributed by atoms with E-state index in [4.69, 9.17) is 9.66 Å². The molecule has 11 nitrogen and oxygen atoms in total. The van der Waals surface area contributed by atoms with Crippen LogP contribution in [0, 0.1) is 0 Å². The predicted molar refractivity (Wildman–Crippen MR) is 81.5 cm³/mol. The van der Waals surface area contributed by atoms with Gasteiger partial charge in [0.2, 0.25) is 0 Å². The van der Waals surface area contributed by atoms with Crippen molar-refractivity contribution in [2.45, 2.75) is 41.9 Å². The summed E-state index contributed by atoms with van der Waals surface area (Å²) in [5, 5.41) is 66.0. The van der Waals surface area contributed by atoms with Crippen molar-refractivity contribution in [3.63, 3.8) is 0 Å². The lowest BCUT2D eigenvalue weighted by molar-refractivity contribution is -0.0999. The van der Waals surface area contributed by atoms with Crippen LogP contribution in [-0.4, -0.2) is 115 Å². The van der Waals surface area contributed by atoms with E-state index in [1.807, 2.05) is 0 Å². The van der Waals surface area contributed by atoms with Crippen LogP contribution >= 0.6 is 0 Å². The van der Waals surface area contributed by atoms with Crippen molar-refractivity contribution < 1.29 is 52.9 Å². The monoisotopic (exact) mass is 395 g/mol. The molecule has 144 valence electrons. The van der Waals surface area contributed by atoms with Crippen LogP contribution in [0.2, 0.25) is 0 Å². The van der Waals surface area contributed by atoms with Gasteiger partial charge in [-0.05, 0) is 0 Å². The second-order valence-corrected chi connectivity index (χ2v) is 8.84. The lowest BCUT2D eigenvalue weighted by Gasteiger charge is -2.28. The molecule has 13 heteroatoms.